The lowest BCUT2D eigenvalue weighted by Gasteiger charge is -2.09. The van der Waals surface area contributed by atoms with E-state index >= 15 is 0 Å². The van der Waals surface area contributed by atoms with Gasteiger partial charge in [-0.05, 0) is 42.8 Å². The molecule has 2 aromatic rings. The summed E-state index contributed by atoms with van der Waals surface area (Å²) in [7, 11) is 0. The van der Waals surface area contributed by atoms with E-state index < -0.39 is 0 Å². The van der Waals surface area contributed by atoms with Crippen molar-refractivity contribution >= 4 is 28.3 Å². The number of amides is 1. The third kappa shape index (κ3) is 2.80. The van der Waals surface area contributed by atoms with Crippen molar-refractivity contribution < 1.29 is 4.79 Å². The highest BCUT2D eigenvalue weighted by Crippen LogP contribution is 2.17. The number of nitrogens with zero attached hydrogens (tertiary/aromatic N) is 3. The van der Waals surface area contributed by atoms with Crippen LogP contribution in [0.3, 0.4) is 0 Å². The van der Waals surface area contributed by atoms with E-state index in [1.807, 2.05) is 26.0 Å². The zero-order chi connectivity index (χ0) is 13.0. The van der Waals surface area contributed by atoms with Crippen LogP contribution >= 0.6 is 11.5 Å². The van der Waals surface area contributed by atoms with Crippen molar-refractivity contribution in [3.05, 3.63) is 29.3 Å². The third-order valence-electron chi connectivity index (χ3n) is 2.38. The average molecular weight is 263 g/mol. The van der Waals surface area contributed by atoms with Gasteiger partial charge in [-0.3, -0.25) is 10.1 Å². The molecule has 0 fully saturated rings. The molecule has 7 heteroatoms. The Bertz CT molecular complexity index is 540. The Morgan fingerprint density at radius 2 is 2.28 bits per heavy atom. The van der Waals surface area contributed by atoms with Gasteiger partial charge >= 0.3 is 0 Å². The maximum atomic E-state index is 11.9. The first kappa shape index (κ1) is 12.4. The number of aromatic nitrogens is 3. The number of carbonyl (C=O) groups excluding carboxylic acids is 1. The molecule has 0 aliphatic carbocycles. The highest BCUT2D eigenvalue weighted by molar-refractivity contribution is 7.09. The zero-order valence-electron chi connectivity index (χ0n) is 10.1. The average Bonchev–Trinajstić information content (AvgIpc) is 2.84. The minimum absolute atomic E-state index is 0.209. The van der Waals surface area contributed by atoms with Crippen molar-refractivity contribution in [1.29, 1.82) is 0 Å². The lowest BCUT2D eigenvalue weighted by atomic mass is 10.1. The van der Waals surface area contributed by atoms with Crippen LogP contribution in [0.5, 0.6) is 0 Å². The fourth-order valence-electron chi connectivity index (χ4n) is 1.54. The number of nitrogens with one attached hydrogen (secondary N) is 2. The van der Waals surface area contributed by atoms with Gasteiger partial charge in [0.25, 0.3) is 5.91 Å². The Kier molecular flexibility index (Phi) is 3.83. The van der Waals surface area contributed by atoms with Crippen LogP contribution < -0.4 is 10.6 Å². The second kappa shape index (κ2) is 5.54. The number of hydrogen-bond acceptors (Lipinski definition) is 6. The van der Waals surface area contributed by atoms with E-state index in [0.29, 0.717) is 10.7 Å². The minimum Gasteiger partial charge on any atom is -0.385 e. The molecular formula is C11H13N5OS. The van der Waals surface area contributed by atoms with E-state index in [0.717, 1.165) is 29.3 Å². The van der Waals surface area contributed by atoms with Crippen LogP contribution in [-0.2, 0) is 0 Å². The van der Waals surface area contributed by atoms with Gasteiger partial charge in [-0.25, -0.2) is 0 Å². The summed E-state index contributed by atoms with van der Waals surface area (Å²) in [5, 5.41) is 13.3. The van der Waals surface area contributed by atoms with Gasteiger partial charge in [0.15, 0.2) is 0 Å². The van der Waals surface area contributed by atoms with Gasteiger partial charge in [0, 0.05) is 29.3 Å². The molecule has 2 N–H and O–H groups in total. The van der Waals surface area contributed by atoms with Crippen molar-refractivity contribution in [2.75, 3.05) is 17.2 Å². The van der Waals surface area contributed by atoms with E-state index in [4.69, 9.17) is 0 Å². The van der Waals surface area contributed by atoms with Crippen LogP contribution in [0.25, 0.3) is 0 Å². The molecular weight excluding hydrogens is 250 g/mol. The number of anilines is 2. The molecule has 1 aromatic heterocycles. The molecule has 2 rings (SSSR count). The van der Waals surface area contributed by atoms with E-state index in [1.54, 1.807) is 6.07 Å². The highest BCUT2D eigenvalue weighted by atomic mass is 32.1. The Labute approximate surface area is 109 Å². The molecule has 0 aliphatic rings. The molecule has 18 heavy (non-hydrogen) atoms. The Morgan fingerprint density at radius 3 is 2.89 bits per heavy atom. The van der Waals surface area contributed by atoms with Crippen molar-refractivity contribution in [2.45, 2.75) is 13.8 Å². The minimum atomic E-state index is -0.209. The first-order valence-electron chi connectivity index (χ1n) is 5.51. The van der Waals surface area contributed by atoms with E-state index in [-0.39, 0.29) is 5.91 Å². The number of hydrogen-bond donors (Lipinski definition) is 2. The Hall–Kier alpha value is -2.02. The van der Waals surface area contributed by atoms with E-state index in [9.17, 15) is 4.79 Å². The topological polar surface area (TPSA) is 79.8 Å². The second-order valence-electron chi connectivity index (χ2n) is 3.68. The lowest BCUT2D eigenvalue weighted by molar-refractivity contribution is 0.102. The van der Waals surface area contributed by atoms with Crippen molar-refractivity contribution in [2.24, 2.45) is 0 Å². The summed E-state index contributed by atoms with van der Waals surface area (Å²) in [6.07, 6.45) is 0. The van der Waals surface area contributed by atoms with Crippen molar-refractivity contribution in [3.63, 3.8) is 0 Å². The van der Waals surface area contributed by atoms with Crippen LogP contribution in [0.4, 0.5) is 10.8 Å². The summed E-state index contributed by atoms with van der Waals surface area (Å²) in [5.41, 5.74) is 2.65. The molecule has 0 radical (unpaired) electrons. The summed E-state index contributed by atoms with van der Waals surface area (Å²) in [6, 6.07) is 5.50. The van der Waals surface area contributed by atoms with Gasteiger partial charge in [-0.2, -0.15) is 0 Å². The van der Waals surface area contributed by atoms with Gasteiger partial charge in [-0.1, -0.05) is 9.59 Å². The van der Waals surface area contributed by atoms with Crippen molar-refractivity contribution in [1.82, 2.24) is 14.8 Å². The van der Waals surface area contributed by atoms with E-state index in [2.05, 4.69) is 25.4 Å². The largest absolute Gasteiger partial charge is 0.385 e. The summed E-state index contributed by atoms with van der Waals surface area (Å²) in [6.45, 7) is 4.84. The Morgan fingerprint density at radius 1 is 1.44 bits per heavy atom. The number of carbonyl (C=O) groups is 1. The quantitative estimate of drug-likeness (QED) is 0.881. The fraction of sp³-hybridized carbons (Fsp3) is 0.273. The molecule has 1 aromatic carbocycles. The molecule has 0 saturated heterocycles. The number of rotatable bonds is 4. The first-order chi connectivity index (χ1) is 8.70. The standard InChI is InChI=1S/C11H13N5OS/c1-3-12-9-5-4-8(6-7(9)2)10(17)13-11-14-15-16-18-11/h4-6,12H,3H2,1-2H3,(H,13,14,16,17). The predicted octanol–water partition coefficient (Wildman–Crippen LogP) is 1.93. The molecule has 0 bridgehead atoms. The third-order valence-corrected chi connectivity index (χ3v) is 2.89. The van der Waals surface area contributed by atoms with E-state index in [1.165, 1.54) is 0 Å². The lowest BCUT2D eigenvalue weighted by Crippen LogP contribution is -2.12. The number of aryl methyl sites for hydroxylation is 1. The molecule has 0 unspecified atom stereocenters. The summed E-state index contributed by atoms with van der Waals surface area (Å²) >= 11 is 1.04. The van der Waals surface area contributed by atoms with Gasteiger partial charge in [0.05, 0.1) is 0 Å². The molecule has 0 saturated carbocycles. The van der Waals surface area contributed by atoms with Gasteiger partial charge in [-0.15, -0.1) is 0 Å². The summed E-state index contributed by atoms with van der Waals surface area (Å²) < 4.78 is 3.58. The van der Waals surface area contributed by atoms with Crippen LogP contribution in [0.2, 0.25) is 0 Å². The normalized spacial score (nSPS) is 10.1. The molecule has 0 aliphatic heterocycles. The molecule has 0 spiro atoms. The van der Waals surface area contributed by atoms with Gasteiger partial charge in [0.1, 0.15) is 0 Å². The predicted molar refractivity (Wildman–Crippen MR) is 71.0 cm³/mol. The molecule has 94 valence electrons. The number of benzene rings is 1. The zero-order valence-corrected chi connectivity index (χ0v) is 10.9. The van der Waals surface area contributed by atoms with Gasteiger partial charge in [0.2, 0.25) is 5.13 Å². The van der Waals surface area contributed by atoms with Gasteiger partial charge < -0.3 is 5.32 Å². The van der Waals surface area contributed by atoms with Crippen molar-refractivity contribution in [3.8, 4) is 0 Å². The maximum absolute atomic E-state index is 11.9. The van der Waals surface area contributed by atoms with Crippen LogP contribution in [0.1, 0.15) is 22.8 Å². The summed E-state index contributed by atoms with van der Waals surface area (Å²) in [5.74, 6) is -0.209. The van der Waals surface area contributed by atoms with Crippen LogP contribution in [0, 0.1) is 6.92 Å². The molecule has 0 atom stereocenters. The molecule has 1 amide bonds. The van der Waals surface area contributed by atoms with Crippen LogP contribution in [-0.4, -0.2) is 27.3 Å². The molecule has 6 nitrogen and oxygen atoms in total. The highest BCUT2D eigenvalue weighted by Gasteiger charge is 2.09. The molecule has 1 heterocycles. The summed E-state index contributed by atoms with van der Waals surface area (Å²) in [4.78, 5) is 11.9. The maximum Gasteiger partial charge on any atom is 0.257 e. The second-order valence-corrected chi connectivity index (χ2v) is 4.41. The van der Waals surface area contributed by atoms with Crippen LogP contribution in [0.15, 0.2) is 18.2 Å². The Balaban J connectivity index is 2.13. The first-order valence-corrected chi connectivity index (χ1v) is 6.29. The monoisotopic (exact) mass is 263 g/mol. The smallest absolute Gasteiger partial charge is 0.257 e. The fourth-order valence-corrected chi connectivity index (χ4v) is 1.91. The SMILES string of the molecule is CCNc1ccc(C(=O)Nc2nnns2)cc1C.